The van der Waals surface area contributed by atoms with Gasteiger partial charge in [-0.15, -0.1) is 0 Å². The van der Waals surface area contributed by atoms with Gasteiger partial charge < -0.3 is 33.8 Å². The number of hydrogen-bond donors (Lipinski definition) is 3. The molecule has 19 heteroatoms. The Morgan fingerprint density at radius 1 is 0.276 bits per heavy atom. The van der Waals surface area contributed by atoms with E-state index >= 15 is 0 Å². The van der Waals surface area contributed by atoms with Crippen molar-refractivity contribution in [3.05, 3.63) is 0 Å². The minimum atomic E-state index is -4.96. The number of aliphatic hydroxyl groups is 1. The number of ether oxygens (including phenoxy) is 4. The molecule has 0 saturated heterocycles. The monoisotopic (exact) mass is 1440 g/mol. The van der Waals surface area contributed by atoms with Gasteiger partial charge in [0.25, 0.3) is 0 Å². The van der Waals surface area contributed by atoms with Crippen molar-refractivity contribution in [2.75, 3.05) is 39.6 Å². The zero-order valence-electron chi connectivity index (χ0n) is 64.1. The third kappa shape index (κ3) is 72.4. The van der Waals surface area contributed by atoms with Crippen molar-refractivity contribution in [2.24, 2.45) is 11.8 Å². The number of aliphatic hydroxyl groups excluding tert-OH is 1. The Hall–Kier alpha value is -1.94. The first-order valence-corrected chi connectivity index (χ1v) is 44.0. The van der Waals surface area contributed by atoms with Gasteiger partial charge in [-0.1, -0.05) is 363 Å². The number of hydrogen-bond acceptors (Lipinski definition) is 15. The van der Waals surface area contributed by atoms with E-state index in [4.69, 9.17) is 37.0 Å². The summed E-state index contributed by atoms with van der Waals surface area (Å²) in [6.07, 6.45) is 59.6. The van der Waals surface area contributed by atoms with Gasteiger partial charge in [-0.05, 0) is 37.5 Å². The van der Waals surface area contributed by atoms with Crippen LogP contribution in [0.2, 0.25) is 0 Å². The Morgan fingerprint density at radius 2 is 0.469 bits per heavy atom. The molecule has 0 rings (SSSR count). The third-order valence-corrected chi connectivity index (χ3v) is 20.4. The standard InChI is InChI=1S/C79H154O17P2/c1-7-9-11-13-15-17-19-21-23-25-27-29-33-37-45-51-57-63-78(83)95-74(67-89-76(81)61-55-49-43-36-32-28-26-24-22-20-18-16-14-12-10-8-2)69-93-97(85,86)91-65-73(80)66-92-98(87,88)94-70-75(68-90-77(82)62-56-50-44-40-39-42-48-54-60-72(5)6)96-79(84)64-58-52-46-38-34-30-31-35-41-47-53-59-71(3)4/h71-75,80H,7-70H2,1-6H3,(H,85,86)(H,87,88)/t73-,74-,75-/m1/s1. The summed E-state index contributed by atoms with van der Waals surface area (Å²) in [5, 5.41) is 10.6. The number of esters is 4. The molecule has 0 aliphatic rings. The van der Waals surface area contributed by atoms with E-state index in [1.807, 2.05) is 0 Å². The maximum Gasteiger partial charge on any atom is 0.472 e. The van der Waals surface area contributed by atoms with Crippen LogP contribution < -0.4 is 0 Å². The van der Waals surface area contributed by atoms with Gasteiger partial charge in [0.15, 0.2) is 12.2 Å². The number of unbranched alkanes of at least 4 members (excludes halogenated alkanes) is 48. The van der Waals surface area contributed by atoms with Gasteiger partial charge in [0.1, 0.15) is 19.3 Å². The first-order chi connectivity index (χ1) is 47.4. The Kier molecular flexibility index (Phi) is 69.3. The molecule has 0 radical (unpaired) electrons. The molecule has 0 aromatic carbocycles. The highest BCUT2D eigenvalue weighted by atomic mass is 31.2. The maximum absolute atomic E-state index is 13.1. The van der Waals surface area contributed by atoms with Crippen molar-refractivity contribution >= 4 is 39.5 Å². The van der Waals surface area contributed by atoms with E-state index in [1.165, 1.54) is 231 Å². The normalized spacial score (nSPS) is 13.9. The third-order valence-electron chi connectivity index (χ3n) is 18.5. The summed E-state index contributed by atoms with van der Waals surface area (Å²) in [5.41, 5.74) is 0. The molecule has 3 N–H and O–H groups in total. The van der Waals surface area contributed by atoms with Crippen molar-refractivity contribution in [1.82, 2.24) is 0 Å². The predicted octanol–water partition coefficient (Wildman–Crippen LogP) is 23.5. The van der Waals surface area contributed by atoms with E-state index in [-0.39, 0.29) is 25.7 Å². The van der Waals surface area contributed by atoms with Gasteiger partial charge in [-0.25, -0.2) is 9.13 Å². The molecule has 0 bridgehead atoms. The second-order valence-electron chi connectivity index (χ2n) is 29.4. The summed E-state index contributed by atoms with van der Waals surface area (Å²) >= 11 is 0. The Labute approximate surface area is 600 Å². The Balaban J connectivity index is 5.26. The summed E-state index contributed by atoms with van der Waals surface area (Å²) in [7, 11) is -9.92. The average molecular weight is 1440 g/mol. The molecular formula is C79H154O17P2. The van der Waals surface area contributed by atoms with Crippen molar-refractivity contribution in [3.8, 4) is 0 Å². The highest BCUT2D eigenvalue weighted by Crippen LogP contribution is 2.45. The molecule has 0 aromatic rings. The molecule has 98 heavy (non-hydrogen) atoms. The summed E-state index contributed by atoms with van der Waals surface area (Å²) in [4.78, 5) is 73.0. The van der Waals surface area contributed by atoms with Crippen LogP contribution in [0.25, 0.3) is 0 Å². The van der Waals surface area contributed by atoms with Crippen LogP contribution in [0.3, 0.4) is 0 Å². The highest BCUT2D eigenvalue weighted by Gasteiger charge is 2.30. The van der Waals surface area contributed by atoms with Crippen LogP contribution in [0.4, 0.5) is 0 Å². The number of carbonyl (C=O) groups excluding carboxylic acids is 4. The second kappa shape index (κ2) is 70.7. The molecular weight excluding hydrogens is 1280 g/mol. The van der Waals surface area contributed by atoms with Crippen molar-refractivity contribution in [3.63, 3.8) is 0 Å². The second-order valence-corrected chi connectivity index (χ2v) is 32.3. The van der Waals surface area contributed by atoms with Gasteiger partial charge in [-0.3, -0.25) is 37.3 Å². The first kappa shape index (κ1) is 96.1. The van der Waals surface area contributed by atoms with Crippen LogP contribution in [0.5, 0.6) is 0 Å². The SMILES string of the molecule is CCCCCCCCCCCCCCCCCCCC(=O)O[C@H](COC(=O)CCCCCCCCCCCCCCCCCC)COP(=O)(O)OC[C@@H](O)COP(=O)(O)OC[C@@H](COC(=O)CCCCCCCCCCC(C)C)OC(=O)CCCCCCCCCCCCCC(C)C. The van der Waals surface area contributed by atoms with Crippen molar-refractivity contribution < 1.29 is 80.2 Å². The molecule has 0 spiro atoms. The Bertz CT molecular complexity index is 1890. The largest absolute Gasteiger partial charge is 0.472 e. The fourth-order valence-corrected chi connectivity index (χ4v) is 13.8. The number of carbonyl (C=O) groups is 4. The molecule has 5 atom stereocenters. The van der Waals surface area contributed by atoms with Gasteiger partial charge >= 0.3 is 39.5 Å². The highest BCUT2D eigenvalue weighted by molar-refractivity contribution is 7.47. The number of rotatable bonds is 78. The molecule has 582 valence electrons. The van der Waals surface area contributed by atoms with Crippen LogP contribution in [-0.4, -0.2) is 96.7 Å². The lowest BCUT2D eigenvalue weighted by molar-refractivity contribution is -0.161. The van der Waals surface area contributed by atoms with Gasteiger partial charge in [-0.2, -0.15) is 0 Å². The minimum Gasteiger partial charge on any atom is -0.462 e. The van der Waals surface area contributed by atoms with Gasteiger partial charge in [0, 0.05) is 25.7 Å². The van der Waals surface area contributed by atoms with Crippen LogP contribution in [0, 0.1) is 11.8 Å². The summed E-state index contributed by atoms with van der Waals surface area (Å²) in [6.45, 7) is 9.59. The quantitative estimate of drug-likeness (QED) is 0.0222. The lowest BCUT2D eigenvalue weighted by Crippen LogP contribution is -2.30. The predicted molar refractivity (Wildman–Crippen MR) is 400 cm³/mol. The summed E-state index contributed by atoms with van der Waals surface area (Å²) in [5.74, 6) is -0.619. The van der Waals surface area contributed by atoms with E-state index in [0.717, 1.165) is 102 Å². The Morgan fingerprint density at radius 3 is 0.694 bits per heavy atom. The molecule has 0 aromatic heterocycles. The fraction of sp³-hybridized carbons (Fsp3) is 0.949. The molecule has 0 fully saturated rings. The molecule has 0 saturated carbocycles. The molecule has 0 aliphatic carbocycles. The minimum absolute atomic E-state index is 0.106. The van der Waals surface area contributed by atoms with E-state index < -0.39 is 97.5 Å². The molecule has 0 heterocycles. The molecule has 2 unspecified atom stereocenters. The first-order valence-electron chi connectivity index (χ1n) is 41.0. The van der Waals surface area contributed by atoms with Crippen LogP contribution in [-0.2, 0) is 65.4 Å². The van der Waals surface area contributed by atoms with Crippen LogP contribution in [0.15, 0.2) is 0 Å². The molecule has 17 nitrogen and oxygen atoms in total. The maximum atomic E-state index is 13.1. The number of phosphoric acid groups is 2. The molecule has 0 amide bonds. The van der Waals surface area contributed by atoms with Gasteiger partial charge in [0.05, 0.1) is 26.4 Å². The topological polar surface area (TPSA) is 237 Å². The van der Waals surface area contributed by atoms with Gasteiger partial charge in [0.2, 0.25) is 0 Å². The number of phosphoric ester groups is 2. The van der Waals surface area contributed by atoms with Crippen molar-refractivity contribution in [1.29, 1.82) is 0 Å². The average Bonchev–Trinajstić information content (AvgIpc) is 1.57. The van der Waals surface area contributed by atoms with Crippen LogP contribution >= 0.6 is 15.6 Å². The van der Waals surface area contributed by atoms with E-state index in [2.05, 4.69) is 41.5 Å². The lowest BCUT2D eigenvalue weighted by Gasteiger charge is -2.21. The van der Waals surface area contributed by atoms with E-state index in [0.29, 0.717) is 25.7 Å². The van der Waals surface area contributed by atoms with E-state index in [1.54, 1.807) is 0 Å². The van der Waals surface area contributed by atoms with Crippen LogP contribution in [0.1, 0.15) is 414 Å². The lowest BCUT2D eigenvalue weighted by atomic mass is 10.0. The molecule has 0 aliphatic heterocycles. The zero-order chi connectivity index (χ0) is 72.1. The summed E-state index contributed by atoms with van der Waals surface area (Å²) < 4.78 is 68.7. The van der Waals surface area contributed by atoms with E-state index in [9.17, 15) is 43.2 Å². The smallest absolute Gasteiger partial charge is 0.462 e. The fourth-order valence-electron chi connectivity index (χ4n) is 12.2. The zero-order valence-corrected chi connectivity index (χ0v) is 65.9. The summed E-state index contributed by atoms with van der Waals surface area (Å²) in [6, 6.07) is 0. The van der Waals surface area contributed by atoms with Crippen molar-refractivity contribution in [2.45, 2.75) is 432 Å².